The van der Waals surface area contributed by atoms with Crippen LogP contribution in [0, 0.1) is 18.8 Å². The van der Waals surface area contributed by atoms with E-state index in [9.17, 15) is 0 Å². The van der Waals surface area contributed by atoms with Crippen LogP contribution in [0.2, 0.25) is 0 Å². The maximum atomic E-state index is 5.90. The fourth-order valence-corrected chi connectivity index (χ4v) is 7.74. The topological polar surface area (TPSA) is 94.6 Å². The fourth-order valence-electron chi connectivity index (χ4n) is 6.53. The van der Waals surface area contributed by atoms with Crippen molar-refractivity contribution in [2.75, 3.05) is 82.3 Å². The highest BCUT2D eigenvalue weighted by Gasteiger charge is 2.28. The molecular weight excluding hydrogens is 593 g/mol. The number of ether oxygens (including phenoxy) is 1. The first-order chi connectivity index (χ1) is 22.3. The van der Waals surface area contributed by atoms with Crippen molar-refractivity contribution in [2.24, 2.45) is 0 Å². The van der Waals surface area contributed by atoms with Crippen LogP contribution in [0.15, 0.2) is 42.9 Å². The van der Waals surface area contributed by atoms with Crippen LogP contribution in [-0.2, 0) is 0 Å². The van der Waals surface area contributed by atoms with Gasteiger partial charge in [-0.1, -0.05) is 13.8 Å². The summed E-state index contributed by atoms with van der Waals surface area (Å²) in [5.74, 6) is 7.99. The summed E-state index contributed by atoms with van der Waals surface area (Å²) in [6, 6.07) is 9.00. The van der Waals surface area contributed by atoms with Crippen LogP contribution in [0.25, 0.3) is 11.0 Å². The summed E-state index contributed by atoms with van der Waals surface area (Å²) in [6.45, 7) is 15.2. The number of methoxy groups -OCH3 is 1. The summed E-state index contributed by atoms with van der Waals surface area (Å²) < 4.78 is 5.90. The van der Waals surface area contributed by atoms with Crippen LogP contribution in [-0.4, -0.2) is 103 Å². The van der Waals surface area contributed by atoms with Gasteiger partial charge in [-0.3, -0.25) is 14.9 Å². The SMILES string of the molecule is CC#Cc1cnc(Nc2cc(C)c(N3CCC(N4CCN(C)CC4)CC3)cc2OC)nc1Nc1ccc2nccnc2c1P(C)C. The minimum absolute atomic E-state index is 0.458. The van der Waals surface area contributed by atoms with Gasteiger partial charge >= 0.3 is 0 Å². The number of fused-ring (bicyclic) bond motifs is 1. The van der Waals surface area contributed by atoms with E-state index in [1.807, 2.05) is 19.1 Å². The van der Waals surface area contributed by atoms with E-state index < -0.39 is 7.92 Å². The molecule has 0 aliphatic carbocycles. The van der Waals surface area contributed by atoms with E-state index in [-0.39, 0.29) is 0 Å². The van der Waals surface area contributed by atoms with E-state index in [4.69, 9.17) is 9.72 Å². The van der Waals surface area contributed by atoms with Gasteiger partial charge in [-0.2, -0.15) is 4.98 Å². The minimum Gasteiger partial charge on any atom is -0.494 e. The molecular formula is C35H44N9OP. The number of benzene rings is 2. The van der Waals surface area contributed by atoms with Gasteiger partial charge in [-0.25, -0.2) is 4.98 Å². The molecule has 240 valence electrons. The molecule has 0 amide bonds. The van der Waals surface area contributed by atoms with Gasteiger partial charge in [0, 0.05) is 80.4 Å². The molecule has 0 spiro atoms. The van der Waals surface area contributed by atoms with E-state index in [0.717, 1.165) is 46.6 Å². The summed E-state index contributed by atoms with van der Waals surface area (Å²) >= 11 is 0. The molecule has 2 fully saturated rings. The van der Waals surface area contributed by atoms with Crippen molar-refractivity contribution in [3.63, 3.8) is 0 Å². The summed E-state index contributed by atoms with van der Waals surface area (Å²) in [7, 11) is 3.44. The highest BCUT2D eigenvalue weighted by atomic mass is 31.1. The molecule has 2 aromatic carbocycles. The van der Waals surface area contributed by atoms with Crippen LogP contribution in [0.3, 0.4) is 0 Å². The zero-order valence-corrected chi connectivity index (χ0v) is 28.7. The largest absolute Gasteiger partial charge is 0.494 e. The molecule has 0 saturated carbocycles. The van der Waals surface area contributed by atoms with Gasteiger partial charge in [-0.15, -0.1) is 5.92 Å². The lowest BCUT2D eigenvalue weighted by Crippen LogP contribution is -2.52. The number of likely N-dealkylation sites (N-methyl/N-ethyl adjacent to an activating group) is 1. The van der Waals surface area contributed by atoms with Gasteiger partial charge in [0.2, 0.25) is 5.95 Å². The van der Waals surface area contributed by atoms with Crippen molar-refractivity contribution < 1.29 is 4.74 Å². The van der Waals surface area contributed by atoms with Gasteiger partial charge in [-0.05, 0) is 70.8 Å². The first kappa shape index (κ1) is 31.9. The maximum Gasteiger partial charge on any atom is 0.229 e. The van der Waals surface area contributed by atoms with Gasteiger partial charge < -0.3 is 25.2 Å². The molecule has 2 aliphatic rings. The number of piperazine rings is 1. The number of piperidine rings is 1. The molecule has 4 heterocycles. The Balaban J connectivity index is 1.23. The molecule has 4 aromatic rings. The van der Waals surface area contributed by atoms with Crippen molar-refractivity contribution >= 4 is 53.1 Å². The Morgan fingerprint density at radius 1 is 0.935 bits per heavy atom. The van der Waals surface area contributed by atoms with Crippen LogP contribution in [0.1, 0.15) is 30.9 Å². The molecule has 2 aromatic heterocycles. The molecule has 0 bridgehead atoms. The number of hydrogen-bond acceptors (Lipinski definition) is 10. The van der Waals surface area contributed by atoms with E-state index in [1.54, 1.807) is 25.7 Å². The third-order valence-electron chi connectivity index (χ3n) is 8.99. The first-order valence-electron chi connectivity index (χ1n) is 16.0. The highest BCUT2D eigenvalue weighted by molar-refractivity contribution is 7.65. The Labute approximate surface area is 273 Å². The molecule has 0 atom stereocenters. The van der Waals surface area contributed by atoms with Gasteiger partial charge in [0.05, 0.1) is 35.6 Å². The number of nitrogens with zero attached hydrogens (tertiary/aromatic N) is 7. The van der Waals surface area contributed by atoms with Crippen LogP contribution < -0.4 is 25.6 Å². The Kier molecular flexibility index (Phi) is 9.83. The predicted octanol–water partition coefficient (Wildman–Crippen LogP) is 5.18. The standard InChI is InChI=1S/C35H44N9OP/c1-7-8-25-23-38-35(41-34(25)39-28-10-9-27-32(33(28)46(5)6)37-14-13-36-27)40-29-21-24(2)30(22-31(29)45-4)44-15-11-26(12-16-44)43-19-17-42(3)18-20-43/h9-10,13-14,21-23,26H,11-12,15-20H2,1-6H3,(H2,38,39,40,41). The molecule has 46 heavy (non-hydrogen) atoms. The average molecular weight is 638 g/mol. The normalized spacial score (nSPS) is 16.4. The lowest BCUT2D eigenvalue weighted by Gasteiger charge is -2.43. The Bertz CT molecular complexity index is 1750. The van der Waals surface area contributed by atoms with Gasteiger partial charge in [0.15, 0.2) is 5.82 Å². The number of anilines is 5. The zero-order chi connectivity index (χ0) is 32.2. The molecule has 0 unspecified atom stereocenters. The second kappa shape index (κ2) is 14.2. The van der Waals surface area contributed by atoms with E-state index in [2.05, 4.69) is 91.6 Å². The second-order valence-corrected chi connectivity index (χ2v) is 14.5. The summed E-state index contributed by atoms with van der Waals surface area (Å²) in [6.07, 6.45) is 7.60. The van der Waals surface area contributed by atoms with Crippen molar-refractivity contribution in [2.45, 2.75) is 32.7 Å². The third kappa shape index (κ3) is 6.87. The second-order valence-electron chi connectivity index (χ2n) is 12.3. The van der Waals surface area contributed by atoms with Crippen molar-refractivity contribution in [1.29, 1.82) is 0 Å². The van der Waals surface area contributed by atoms with E-state index in [0.29, 0.717) is 23.4 Å². The van der Waals surface area contributed by atoms with Crippen molar-refractivity contribution in [1.82, 2.24) is 29.7 Å². The fraction of sp³-hybridized carbons (Fsp3) is 0.429. The Hall–Kier alpha value is -4.03. The number of aryl methyl sites for hydroxylation is 1. The molecule has 6 rings (SSSR count). The average Bonchev–Trinajstić information content (AvgIpc) is 3.06. The maximum absolute atomic E-state index is 5.90. The summed E-state index contributed by atoms with van der Waals surface area (Å²) in [5.41, 5.74) is 6.68. The molecule has 2 aliphatic heterocycles. The van der Waals surface area contributed by atoms with E-state index in [1.165, 1.54) is 50.3 Å². The number of rotatable bonds is 8. The van der Waals surface area contributed by atoms with Gasteiger partial charge in [0.25, 0.3) is 0 Å². The summed E-state index contributed by atoms with van der Waals surface area (Å²) in [5, 5.41) is 8.13. The van der Waals surface area contributed by atoms with Crippen LogP contribution in [0.4, 0.5) is 28.8 Å². The van der Waals surface area contributed by atoms with Gasteiger partial charge in [0.1, 0.15) is 5.75 Å². The monoisotopic (exact) mass is 637 g/mol. The van der Waals surface area contributed by atoms with Crippen LogP contribution >= 0.6 is 7.92 Å². The summed E-state index contributed by atoms with van der Waals surface area (Å²) in [4.78, 5) is 26.3. The van der Waals surface area contributed by atoms with Crippen molar-refractivity contribution in [3.05, 3.63) is 54.0 Å². The lowest BCUT2D eigenvalue weighted by molar-refractivity contribution is 0.0982. The predicted molar refractivity (Wildman–Crippen MR) is 191 cm³/mol. The molecule has 0 radical (unpaired) electrons. The smallest absolute Gasteiger partial charge is 0.229 e. The quantitative estimate of drug-likeness (QED) is 0.199. The van der Waals surface area contributed by atoms with E-state index >= 15 is 0 Å². The van der Waals surface area contributed by atoms with Crippen LogP contribution in [0.5, 0.6) is 5.75 Å². The minimum atomic E-state index is -0.489. The zero-order valence-electron chi connectivity index (χ0n) is 27.8. The Morgan fingerprint density at radius 2 is 1.70 bits per heavy atom. The third-order valence-corrected chi connectivity index (χ3v) is 10.3. The number of aromatic nitrogens is 4. The first-order valence-corrected chi connectivity index (χ1v) is 18.2. The molecule has 10 nitrogen and oxygen atoms in total. The number of nitrogens with one attached hydrogen (secondary N) is 2. The molecule has 11 heteroatoms. The Morgan fingerprint density at radius 3 is 2.41 bits per heavy atom. The molecule has 2 saturated heterocycles. The lowest BCUT2D eigenvalue weighted by atomic mass is 10.0. The molecule has 2 N–H and O–H groups in total. The number of hydrogen-bond donors (Lipinski definition) is 2. The highest BCUT2D eigenvalue weighted by Crippen LogP contribution is 2.37. The van der Waals surface area contributed by atoms with Crippen molar-refractivity contribution in [3.8, 4) is 17.6 Å².